The van der Waals surface area contributed by atoms with Crippen LogP contribution in [0.15, 0.2) is 36.0 Å². The van der Waals surface area contributed by atoms with Crippen LogP contribution in [0.2, 0.25) is 0 Å². The third-order valence-electron chi connectivity index (χ3n) is 5.83. The normalized spacial score (nSPS) is 22.6. The lowest BCUT2D eigenvalue weighted by Gasteiger charge is -2.28. The molecular weight excluding hydrogens is 308 g/mol. The van der Waals surface area contributed by atoms with Gasteiger partial charge in [-0.15, -0.1) is 0 Å². The van der Waals surface area contributed by atoms with Crippen molar-refractivity contribution in [2.45, 2.75) is 32.1 Å². The fourth-order valence-corrected chi connectivity index (χ4v) is 4.44. The van der Waals surface area contributed by atoms with Crippen molar-refractivity contribution in [3.05, 3.63) is 58.4 Å². The van der Waals surface area contributed by atoms with E-state index in [0.717, 1.165) is 51.4 Å². The summed E-state index contributed by atoms with van der Waals surface area (Å²) >= 11 is 0. The molecule has 4 heteroatoms. The van der Waals surface area contributed by atoms with Gasteiger partial charge in [-0.3, -0.25) is 0 Å². The molecule has 4 nitrogen and oxygen atoms in total. The quantitative estimate of drug-likeness (QED) is 0.872. The van der Waals surface area contributed by atoms with E-state index >= 15 is 0 Å². The second-order valence-electron chi connectivity index (χ2n) is 7.30. The van der Waals surface area contributed by atoms with E-state index < -0.39 is 0 Å². The smallest absolute Gasteiger partial charge is 0.225 e. The zero-order chi connectivity index (χ0) is 16.6. The first-order valence-corrected chi connectivity index (χ1v) is 9.48. The number of aryl methyl sites for hydroxylation is 2. The molecule has 1 saturated heterocycles. The second kappa shape index (κ2) is 6.26. The van der Waals surface area contributed by atoms with Gasteiger partial charge in [0.05, 0.1) is 5.69 Å². The Balaban J connectivity index is 1.47. The number of piperazine rings is 1. The highest BCUT2D eigenvalue weighted by Crippen LogP contribution is 2.38. The molecule has 2 aromatic rings. The van der Waals surface area contributed by atoms with E-state index in [9.17, 15) is 0 Å². The predicted molar refractivity (Wildman–Crippen MR) is 101 cm³/mol. The van der Waals surface area contributed by atoms with Crippen LogP contribution in [0.5, 0.6) is 0 Å². The van der Waals surface area contributed by atoms with E-state index in [1.54, 1.807) is 11.1 Å². The number of hydrogen-bond donors (Lipinski definition) is 1. The molecule has 2 heterocycles. The summed E-state index contributed by atoms with van der Waals surface area (Å²) in [5, 5.41) is 3.40. The van der Waals surface area contributed by atoms with Crippen molar-refractivity contribution in [1.29, 1.82) is 0 Å². The lowest BCUT2D eigenvalue weighted by atomic mass is 9.87. The lowest BCUT2D eigenvalue weighted by Crippen LogP contribution is -2.44. The molecule has 0 bridgehead atoms. The predicted octanol–water partition coefficient (Wildman–Crippen LogP) is 2.77. The molecule has 2 aliphatic carbocycles. The van der Waals surface area contributed by atoms with E-state index in [0.29, 0.717) is 0 Å². The van der Waals surface area contributed by atoms with Crippen LogP contribution < -0.4 is 10.2 Å². The third kappa shape index (κ3) is 2.74. The number of aromatic nitrogens is 2. The van der Waals surface area contributed by atoms with Gasteiger partial charge in [0.25, 0.3) is 0 Å². The van der Waals surface area contributed by atoms with Gasteiger partial charge < -0.3 is 10.2 Å². The van der Waals surface area contributed by atoms with Gasteiger partial charge >= 0.3 is 0 Å². The summed E-state index contributed by atoms with van der Waals surface area (Å²) in [7, 11) is 0. The number of fused-ring (bicyclic) bond motifs is 2. The molecule has 1 aliphatic heterocycles. The number of allylic oxidation sites excluding steroid dienone is 2. The van der Waals surface area contributed by atoms with Crippen molar-refractivity contribution in [2.75, 3.05) is 31.1 Å². The van der Waals surface area contributed by atoms with Crippen molar-refractivity contribution >= 4 is 11.5 Å². The molecule has 0 spiro atoms. The average Bonchev–Trinajstić information content (AvgIpc) is 3.12. The van der Waals surface area contributed by atoms with Crippen LogP contribution >= 0.6 is 0 Å². The van der Waals surface area contributed by atoms with Crippen molar-refractivity contribution in [2.24, 2.45) is 0 Å². The maximum atomic E-state index is 4.97. The van der Waals surface area contributed by atoms with Gasteiger partial charge in [-0.1, -0.05) is 29.8 Å². The van der Waals surface area contributed by atoms with Gasteiger partial charge in [-0.05, 0) is 47.9 Å². The van der Waals surface area contributed by atoms with Crippen LogP contribution in [0.25, 0.3) is 5.57 Å². The van der Waals surface area contributed by atoms with Gasteiger partial charge in [0, 0.05) is 38.8 Å². The van der Waals surface area contributed by atoms with Gasteiger partial charge in [0.2, 0.25) is 5.95 Å². The highest BCUT2D eigenvalue weighted by Gasteiger charge is 2.24. The maximum absolute atomic E-state index is 4.97. The van der Waals surface area contributed by atoms with Crippen LogP contribution in [-0.4, -0.2) is 36.1 Å². The van der Waals surface area contributed by atoms with Gasteiger partial charge in [0.1, 0.15) is 0 Å². The molecular formula is C21H24N4. The fraction of sp³-hybridized carbons (Fsp3) is 0.429. The number of nitrogens with one attached hydrogen (secondary N) is 1. The number of rotatable bonds is 1. The summed E-state index contributed by atoms with van der Waals surface area (Å²) in [6, 6.07) is 8.92. The van der Waals surface area contributed by atoms with E-state index in [-0.39, 0.29) is 0 Å². The largest absolute Gasteiger partial charge is 0.338 e. The minimum atomic E-state index is 0.915. The van der Waals surface area contributed by atoms with Crippen molar-refractivity contribution in [1.82, 2.24) is 15.3 Å². The first-order chi connectivity index (χ1) is 12.4. The van der Waals surface area contributed by atoms with Crippen LogP contribution in [-0.2, 0) is 19.3 Å². The second-order valence-corrected chi connectivity index (χ2v) is 7.30. The summed E-state index contributed by atoms with van der Waals surface area (Å²) in [5.74, 6) is 0.915. The molecule has 0 saturated carbocycles. The molecule has 0 radical (unpaired) electrons. The van der Waals surface area contributed by atoms with E-state index in [4.69, 9.17) is 4.98 Å². The molecule has 1 aromatic heterocycles. The summed E-state index contributed by atoms with van der Waals surface area (Å²) in [5.41, 5.74) is 8.78. The molecule has 1 N–H and O–H groups in total. The Morgan fingerprint density at radius 1 is 0.920 bits per heavy atom. The summed E-state index contributed by atoms with van der Waals surface area (Å²) in [6.07, 6.45) is 7.70. The highest BCUT2D eigenvalue weighted by atomic mass is 15.3. The molecule has 0 unspecified atom stereocenters. The van der Waals surface area contributed by atoms with Gasteiger partial charge in [-0.25, -0.2) is 9.97 Å². The van der Waals surface area contributed by atoms with Crippen LogP contribution in [0.3, 0.4) is 0 Å². The van der Waals surface area contributed by atoms with E-state index in [2.05, 4.69) is 45.7 Å². The van der Waals surface area contributed by atoms with Crippen LogP contribution in [0.1, 0.15) is 35.2 Å². The Morgan fingerprint density at radius 3 is 2.68 bits per heavy atom. The molecule has 0 amide bonds. The van der Waals surface area contributed by atoms with Crippen molar-refractivity contribution in [3.63, 3.8) is 0 Å². The Labute approximate surface area is 149 Å². The molecule has 1 fully saturated rings. The van der Waals surface area contributed by atoms with Crippen LogP contribution in [0, 0.1) is 0 Å². The topological polar surface area (TPSA) is 41.1 Å². The Bertz CT molecular complexity index is 834. The summed E-state index contributed by atoms with van der Waals surface area (Å²) in [6.45, 7) is 4.04. The number of nitrogens with zero attached hydrogens (tertiary/aromatic N) is 3. The monoisotopic (exact) mass is 332 g/mol. The Kier molecular flexibility index (Phi) is 3.78. The first-order valence-electron chi connectivity index (χ1n) is 9.48. The average molecular weight is 332 g/mol. The third-order valence-corrected chi connectivity index (χ3v) is 5.83. The highest BCUT2D eigenvalue weighted by molar-refractivity contribution is 5.75. The zero-order valence-corrected chi connectivity index (χ0v) is 14.6. The standard InChI is InChI=1S/C21H24N4/c1-2-4-18-15(3-1)7-8-19(18)16-5-6-17-14-23-21(24-20(17)13-16)25-11-9-22-10-12-25/h1-4,14,22H,5-13H2. The fourth-order valence-electron chi connectivity index (χ4n) is 4.44. The van der Waals surface area contributed by atoms with Gasteiger partial charge in [0.15, 0.2) is 0 Å². The van der Waals surface area contributed by atoms with Crippen LogP contribution in [0.4, 0.5) is 5.95 Å². The number of benzene rings is 1. The first kappa shape index (κ1) is 15.1. The molecule has 3 aliphatic rings. The molecule has 5 rings (SSSR count). The summed E-state index contributed by atoms with van der Waals surface area (Å²) in [4.78, 5) is 11.9. The lowest BCUT2D eigenvalue weighted by molar-refractivity contribution is 0.578. The number of anilines is 1. The SMILES string of the molecule is c1ccc2c(c1)CCC2=C1CCc2cnc(N3CCNCC3)nc2C1. The molecule has 25 heavy (non-hydrogen) atoms. The minimum Gasteiger partial charge on any atom is -0.338 e. The maximum Gasteiger partial charge on any atom is 0.225 e. The van der Waals surface area contributed by atoms with Crippen molar-refractivity contribution < 1.29 is 0 Å². The molecule has 0 atom stereocenters. The van der Waals surface area contributed by atoms with E-state index in [1.807, 2.05) is 0 Å². The summed E-state index contributed by atoms with van der Waals surface area (Å²) < 4.78 is 0. The zero-order valence-electron chi connectivity index (χ0n) is 14.6. The van der Waals surface area contributed by atoms with Gasteiger partial charge in [-0.2, -0.15) is 0 Å². The van der Waals surface area contributed by atoms with E-state index in [1.165, 1.54) is 35.2 Å². The molecule has 1 aromatic carbocycles. The Morgan fingerprint density at radius 2 is 1.76 bits per heavy atom. The minimum absolute atomic E-state index is 0.915. The van der Waals surface area contributed by atoms with Crippen molar-refractivity contribution in [3.8, 4) is 0 Å². The Hall–Kier alpha value is -2.20. The number of hydrogen-bond acceptors (Lipinski definition) is 4. The molecule has 128 valence electrons.